The van der Waals surface area contributed by atoms with Crippen molar-refractivity contribution >= 4 is 55.3 Å². The highest BCUT2D eigenvalue weighted by molar-refractivity contribution is 6.31. The molecule has 0 aliphatic heterocycles. The maximum atomic E-state index is 9.73. The van der Waals surface area contributed by atoms with Crippen molar-refractivity contribution in [3.63, 3.8) is 0 Å². The Balaban J connectivity index is 1.89. The zero-order valence-corrected chi connectivity index (χ0v) is 15.9. The largest absolute Gasteiger partial charge is 0.456 e. The summed E-state index contributed by atoms with van der Waals surface area (Å²) >= 11 is 6.15. The van der Waals surface area contributed by atoms with Gasteiger partial charge in [0.25, 0.3) is 0 Å². The first-order valence-electron chi connectivity index (χ1n) is 9.30. The van der Waals surface area contributed by atoms with Gasteiger partial charge in [0.05, 0.1) is 22.3 Å². The molecule has 29 heavy (non-hydrogen) atoms. The van der Waals surface area contributed by atoms with Crippen molar-refractivity contribution in [1.82, 2.24) is 4.57 Å². The molecule has 6 rings (SSSR count). The van der Waals surface area contributed by atoms with Gasteiger partial charge in [0.1, 0.15) is 17.2 Å². The Kier molecular flexibility index (Phi) is 3.29. The number of fused-ring (bicyclic) bond motifs is 7. The number of nitrogens with zero attached hydrogens (tertiary/aromatic N) is 2. The molecule has 0 atom stereocenters. The van der Waals surface area contributed by atoms with Gasteiger partial charge in [-0.25, -0.2) is 0 Å². The molecular weight excluding hydrogens is 380 g/mol. The third-order valence-corrected chi connectivity index (χ3v) is 5.73. The summed E-state index contributed by atoms with van der Waals surface area (Å²) in [5, 5.41) is 14.7. The lowest BCUT2D eigenvalue weighted by molar-refractivity contribution is 0.669. The smallest absolute Gasteiger partial charge is 0.136 e. The number of halogens is 1. The maximum Gasteiger partial charge on any atom is 0.136 e. The molecule has 0 unspecified atom stereocenters. The van der Waals surface area contributed by atoms with Gasteiger partial charge in [-0.05, 0) is 42.5 Å². The SMILES string of the molecule is N#Cc1cc(Cl)ccc1-n1c2ccccc2c2c3c(ccc21)oc1ccccc13. The number of hydrogen-bond donors (Lipinski definition) is 0. The van der Waals surface area contributed by atoms with E-state index in [1.807, 2.05) is 48.5 Å². The zero-order chi connectivity index (χ0) is 19.5. The van der Waals surface area contributed by atoms with E-state index in [4.69, 9.17) is 16.0 Å². The highest BCUT2D eigenvalue weighted by Crippen LogP contribution is 2.41. The Bertz CT molecular complexity index is 1630. The van der Waals surface area contributed by atoms with Gasteiger partial charge in [-0.2, -0.15) is 5.26 Å². The van der Waals surface area contributed by atoms with Crippen molar-refractivity contribution in [2.45, 2.75) is 0 Å². The second-order valence-electron chi connectivity index (χ2n) is 7.06. The van der Waals surface area contributed by atoms with Crippen LogP contribution in [0.1, 0.15) is 5.56 Å². The van der Waals surface area contributed by atoms with Crippen molar-refractivity contribution in [3.05, 3.63) is 89.4 Å². The fourth-order valence-corrected chi connectivity index (χ4v) is 4.50. The molecule has 2 heterocycles. The van der Waals surface area contributed by atoms with Crippen LogP contribution in [-0.2, 0) is 0 Å². The van der Waals surface area contributed by atoms with Crippen LogP contribution in [0, 0.1) is 11.3 Å². The van der Waals surface area contributed by atoms with E-state index in [0.717, 1.165) is 49.4 Å². The highest BCUT2D eigenvalue weighted by atomic mass is 35.5. The summed E-state index contributed by atoms with van der Waals surface area (Å²) in [7, 11) is 0. The number of hydrogen-bond acceptors (Lipinski definition) is 2. The molecule has 0 N–H and O–H groups in total. The minimum absolute atomic E-state index is 0.539. The number of aromatic nitrogens is 1. The first kappa shape index (κ1) is 16.2. The van der Waals surface area contributed by atoms with E-state index in [0.29, 0.717) is 10.6 Å². The van der Waals surface area contributed by atoms with Gasteiger partial charge < -0.3 is 8.98 Å². The number of furan rings is 1. The molecular formula is C25H13ClN2O. The van der Waals surface area contributed by atoms with E-state index < -0.39 is 0 Å². The molecule has 0 amide bonds. The van der Waals surface area contributed by atoms with Gasteiger partial charge in [0.15, 0.2) is 0 Å². The first-order valence-corrected chi connectivity index (χ1v) is 9.67. The van der Waals surface area contributed by atoms with Gasteiger partial charge in [0, 0.05) is 26.6 Å². The maximum absolute atomic E-state index is 9.73. The van der Waals surface area contributed by atoms with Crippen LogP contribution >= 0.6 is 11.6 Å². The van der Waals surface area contributed by atoms with Crippen molar-refractivity contribution in [2.75, 3.05) is 0 Å². The van der Waals surface area contributed by atoms with E-state index in [1.54, 1.807) is 6.07 Å². The molecule has 0 aliphatic carbocycles. The third kappa shape index (κ3) is 2.18. The standard InChI is InChI=1S/C25H13ClN2O/c26-16-9-10-19(15(13-16)14-27)28-20-7-3-1-5-17(20)24-21(28)11-12-23-25(24)18-6-2-4-8-22(18)29-23/h1-13H. The Morgan fingerprint density at radius 3 is 2.41 bits per heavy atom. The summed E-state index contributed by atoms with van der Waals surface area (Å²) < 4.78 is 8.25. The lowest BCUT2D eigenvalue weighted by atomic mass is 10.1. The van der Waals surface area contributed by atoms with Gasteiger partial charge in [0.2, 0.25) is 0 Å². The molecule has 0 aliphatic rings. The monoisotopic (exact) mass is 392 g/mol. The van der Waals surface area contributed by atoms with Crippen LogP contribution in [0.15, 0.2) is 83.3 Å². The van der Waals surface area contributed by atoms with E-state index in [9.17, 15) is 5.26 Å². The quantitative estimate of drug-likeness (QED) is 0.296. The van der Waals surface area contributed by atoms with Crippen LogP contribution in [0.5, 0.6) is 0 Å². The van der Waals surface area contributed by atoms with Crippen LogP contribution < -0.4 is 0 Å². The zero-order valence-electron chi connectivity index (χ0n) is 15.2. The minimum atomic E-state index is 0.539. The summed E-state index contributed by atoms with van der Waals surface area (Å²) in [6.45, 7) is 0. The molecule has 2 aromatic heterocycles. The average molecular weight is 393 g/mol. The Labute approximate surface area is 170 Å². The summed E-state index contributed by atoms with van der Waals surface area (Å²) in [5.74, 6) is 0. The molecule has 0 saturated heterocycles. The van der Waals surface area contributed by atoms with Crippen molar-refractivity contribution in [3.8, 4) is 11.8 Å². The molecule has 4 aromatic carbocycles. The third-order valence-electron chi connectivity index (χ3n) is 5.50. The second-order valence-corrected chi connectivity index (χ2v) is 7.49. The molecule has 0 saturated carbocycles. The molecule has 3 nitrogen and oxygen atoms in total. The van der Waals surface area contributed by atoms with E-state index in [-0.39, 0.29) is 0 Å². The Morgan fingerprint density at radius 1 is 0.759 bits per heavy atom. The molecule has 0 radical (unpaired) electrons. The number of nitriles is 1. The molecule has 0 bridgehead atoms. The Morgan fingerprint density at radius 2 is 1.55 bits per heavy atom. The summed E-state index contributed by atoms with van der Waals surface area (Å²) in [6, 6.07) is 28.2. The van der Waals surface area contributed by atoms with E-state index in [2.05, 4.69) is 34.9 Å². The molecule has 136 valence electrons. The van der Waals surface area contributed by atoms with Gasteiger partial charge >= 0.3 is 0 Å². The minimum Gasteiger partial charge on any atom is -0.456 e. The number of rotatable bonds is 1. The molecule has 4 heteroatoms. The average Bonchev–Trinajstić information content (AvgIpc) is 3.29. The molecule has 0 spiro atoms. The lowest BCUT2D eigenvalue weighted by Crippen LogP contribution is -1.97. The van der Waals surface area contributed by atoms with Crippen LogP contribution in [0.4, 0.5) is 0 Å². The number of benzene rings is 4. The van der Waals surface area contributed by atoms with E-state index in [1.165, 1.54) is 0 Å². The lowest BCUT2D eigenvalue weighted by Gasteiger charge is -2.10. The fourth-order valence-electron chi connectivity index (χ4n) is 4.33. The highest BCUT2D eigenvalue weighted by Gasteiger charge is 2.19. The second kappa shape index (κ2) is 5.88. The van der Waals surface area contributed by atoms with Crippen LogP contribution in [-0.4, -0.2) is 4.57 Å². The predicted molar refractivity (Wildman–Crippen MR) is 118 cm³/mol. The van der Waals surface area contributed by atoms with Crippen LogP contribution in [0.3, 0.4) is 0 Å². The topological polar surface area (TPSA) is 41.9 Å². The first-order chi connectivity index (χ1) is 14.3. The Hall–Kier alpha value is -3.74. The molecule has 6 aromatic rings. The van der Waals surface area contributed by atoms with Gasteiger partial charge in [-0.3, -0.25) is 0 Å². The van der Waals surface area contributed by atoms with Crippen molar-refractivity contribution < 1.29 is 4.42 Å². The summed E-state index contributed by atoms with van der Waals surface area (Å²) in [6.07, 6.45) is 0. The molecule has 0 fully saturated rings. The van der Waals surface area contributed by atoms with Crippen LogP contribution in [0.2, 0.25) is 5.02 Å². The fraction of sp³-hybridized carbons (Fsp3) is 0. The van der Waals surface area contributed by atoms with Crippen LogP contribution in [0.25, 0.3) is 49.4 Å². The normalized spacial score (nSPS) is 11.6. The summed E-state index contributed by atoms with van der Waals surface area (Å²) in [4.78, 5) is 0. The van der Waals surface area contributed by atoms with Crippen molar-refractivity contribution in [2.24, 2.45) is 0 Å². The van der Waals surface area contributed by atoms with Crippen molar-refractivity contribution in [1.29, 1.82) is 5.26 Å². The van der Waals surface area contributed by atoms with Gasteiger partial charge in [-0.15, -0.1) is 0 Å². The van der Waals surface area contributed by atoms with E-state index >= 15 is 0 Å². The predicted octanol–water partition coefficient (Wildman–Crippen LogP) is 7.21. The summed E-state index contributed by atoms with van der Waals surface area (Å²) in [5.41, 5.74) is 5.16. The van der Waals surface area contributed by atoms with Gasteiger partial charge in [-0.1, -0.05) is 48.0 Å². The number of para-hydroxylation sites is 2.